The molecule has 0 radical (unpaired) electrons. The molecule has 2 heterocycles. The minimum absolute atomic E-state index is 0.205. The van der Waals surface area contributed by atoms with E-state index in [1.165, 1.54) is 205 Å². The molecule has 0 aromatic rings. The van der Waals surface area contributed by atoms with Gasteiger partial charge in [-0.15, -0.1) is 0 Å². The van der Waals surface area contributed by atoms with Crippen molar-refractivity contribution in [2.45, 2.75) is 370 Å². The van der Waals surface area contributed by atoms with E-state index in [1.54, 1.807) is 0 Å². The fourth-order valence-electron chi connectivity index (χ4n) is 11.1. The molecule has 2 saturated heterocycles. The van der Waals surface area contributed by atoms with Crippen LogP contribution in [0.3, 0.4) is 0 Å². The van der Waals surface area contributed by atoms with Gasteiger partial charge in [0.2, 0.25) is 5.91 Å². The van der Waals surface area contributed by atoms with Crippen molar-refractivity contribution in [3.05, 3.63) is 0 Å². The number of nitrogens with one attached hydrogen (secondary N) is 1. The van der Waals surface area contributed by atoms with Gasteiger partial charge >= 0.3 is 0 Å². The second-order valence-electron chi connectivity index (χ2n) is 23.3. The van der Waals surface area contributed by atoms with Crippen molar-refractivity contribution < 1.29 is 64.6 Å². The van der Waals surface area contributed by atoms with Crippen LogP contribution in [0, 0.1) is 0 Å². The zero-order valence-electron chi connectivity index (χ0n) is 48.8. The average molecular weight is 1090 g/mol. The van der Waals surface area contributed by atoms with E-state index in [-0.39, 0.29) is 12.5 Å². The minimum atomic E-state index is -1.78. The summed E-state index contributed by atoms with van der Waals surface area (Å²) in [4.78, 5) is 13.2. The second-order valence-corrected chi connectivity index (χ2v) is 23.3. The van der Waals surface area contributed by atoms with Crippen molar-refractivity contribution in [3.8, 4) is 0 Å². The molecule has 0 aliphatic carbocycles. The molecule has 0 aromatic heterocycles. The van der Waals surface area contributed by atoms with Crippen LogP contribution in [-0.2, 0) is 23.7 Å². The van der Waals surface area contributed by atoms with Crippen LogP contribution in [-0.4, -0.2) is 140 Å². The van der Waals surface area contributed by atoms with E-state index in [1.807, 2.05) is 0 Å². The maximum Gasteiger partial charge on any atom is 0.220 e. The molecule has 2 rings (SSSR count). The molecule has 12 atom stereocenters. The van der Waals surface area contributed by atoms with Crippen LogP contribution in [0.4, 0.5) is 0 Å². The summed E-state index contributed by atoms with van der Waals surface area (Å²) in [7, 11) is 0. The van der Waals surface area contributed by atoms with E-state index in [2.05, 4.69) is 19.2 Å². The Kier molecular flexibility index (Phi) is 45.5. The van der Waals surface area contributed by atoms with Crippen molar-refractivity contribution in [1.29, 1.82) is 0 Å². The lowest BCUT2D eigenvalue weighted by molar-refractivity contribution is -0.359. The molecule has 1 amide bonds. The lowest BCUT2D eigenvalue weighted by atomic mass is 9.97. The van der Waals surface area contributed by atoms with Crippen molar-refractivity contribution >= 4 is 5.91 Å². The molecule has 0 saturated carbocycles. The highest BCUT2D eigenvalue weighted by atomic mass is 16.7. The van der Waals surface area contributed by atoms with Gasteiger partial charge in [-0.25, -0.2) is 0 Å². The Morgan fingerprint density at radius 2 is 0.750 bits per heavy atom. The van der Waals surface area contributed by atoms with E-state index in [0.717, 1.165) is 64.2 Å². The van der Waals surface area contributed by atoms with Crippen LogP contribution >= 0.6 is 0 Å². The number of amides is 1. The number of unbranched alkanes of at least 4 members (excludes halogenated alkanes) is 40. The molecule has 2 aliphatic rings. The number of hydrogen-bond donors (Lipinski definition) is 9. The van der Waals surface area contributed by atoms with Gasteiger partial charge in [-0.3, -0.25) is 4.79 Å². The van der Waals surface area contributed by atoms with Crippen molar-refractivity contribution in [3.63, 3.8) is 0 Å². The Balaban J connectivity index is 1.48. The molecule has 12 unspecified atom stereocenters. The third-order valence-corrected chi connectivity index (χ3v) is 16.3. The maximum absolute atomic E-state index is 13.2. The number of rotatable bonds is 53. The molecule has 0 aromatic carbocycles. The fourth-order valence-corrected chi connectivity index (χ4v) is 11.1. The van der Waals surface area contributed by atoms with E-state index >= 15 is 0 Å². The standard InChI is InChI=1S/C62H121NO13/c1-3-5-7-9-11-12-13-14-15-16-17-18-19-20-21-22-23-24-25-26-27-28-29-30-31-32-33-34-35-36-37-38-39-40-42-44-46-54(67)63-50(51(66)45-43-41-10-8-6-4-2)49-73-61-59(72)57(70)60(53(48-65)75-61)76-62-58(71)56(69)55(68)52(47-64)74-62/h50-53,55-62,64-66,68-72H,3-49H2,1-2H3,(H,63,67). The number of carbonyl (C=O) groups excluding carboxylic acids is 1. The van der Waals surface area contributed by atoms with Crippen LogP contribution in [0.25, 0.3) is 0 Å². The Hall–Kier alpha value is -1.01. The number of aliphatic hydroxyl groups excluding tert-OH is 8. The summed E-state index contributed by atoms with van der Waals surface area (Å²) in [6.07, 6.45) is 39.3. The summed E-state index contributed by atoms with van der Waals surface area (Å²) in [6.45, 7) is 2.81. The van der Waals surface area contributed by atoms with Gasteiger partial charge in [0, 0.05) is 6.42 Å². The molecule has 14 nitrogen and oxygen atoms in total. The third kappa shape index (κ3) is 33.7. The normalized spacial score (nSPS) is 24.8. The zero-order valence-corrected chi connectivity index (χ0v) is 48.8. The van der Waals surface area contributed by atoms with Gasteiger partial charge in [-0.05, 0) is 12.8 Å². The number of carbonyl (C=O) groups is 1. The summed E-state index contributed by atoms with van der Waals surface area (Å²) in [5.74, 6) is -0.205. The largest absolute Gasteiger partial charge is 0.394 e. The van der Waals surface area contributed by atoms with Gasteiger partial charge in [-0.1, -0.05) is 277 Å². The minimum Gasteiger partial charge on any atom is -0.394 e. The lowest BCUT2D eigenvalue weighted by Crippen LogP contribution is -2.65. The highest BCUT2D eigenvalue weighted by Crippen LogP contribution is 2.30. The van der Waals surface area contributed by atoms with Gasteiger partial charge in [0.1, 0.15) is 48.8 Å². The number of aliphatic hydroxyl groups is 8. The smallest absolute Gasteiger partial charge is 0.220 e. The molecular formula is C62H121NO13. The van der Waals surface area contributed by atoms with Gasteiger partial charge in [-0.2, -0.15) is 0 Å². The first-order valence-electron chi connectivity index (χ1n) is 32.3. The van der Waals surface area contributed by atoms with E-state index in [9.17, 15) is 45.6 Å². The van der Waals surface area contributed by atoms with Gasteiger partial charge < -0.3 is 65.1 Å². The Morgan fingerprint density at radius 3 is 1.12 bits per heavy atom. The molecule has 0 spiro atoms. The van der Waals surface area contributed by atoms with Crippen LogP contribution in [0.15, 0.2) is 0 Å². The first kappa shape index (κ1) is 71.1. The van der Waals surface area contributed by atoms with E-state index < -0.39 is 86.8 Å². The molecule has 2 aliphatic heterocycles. The molecule has 2 fully saturated rings. The van der Waals surface area contributed by atoms with Gasteiger partial charge in [0.05, 0.1) is 32.0 Å². The molecular weight excluding hydrogens is 967 g/mol. The van der Waals surface area contributed by atoms with Gasteiger partial charge in [0.15, 0.2) is 12.6 Å². The van der Waals surface area contributed by atoms with Crippen LogP contribution in [0.1, 0.15) is 296 Å². The van der Waals surface area contributed by atoms with Crippen LogP contribution in [0.5, 0.6) is 0 Å². The zero-order chi connectivity index (χ0) is 55.3. The van der Waals surface area contributed by atoms with Crippen molar-refractivity contribution in [1.82, 2.24) is 5.32 Å². The molecule has 14 heteroatoms. The highest BCUT2D eigenvalue weighted by Gasteiger charge is 2.51. The van der Waals surface area contributed by atoms with Gasteiger partial charge in [0.25, 0.3) is 0 Å². The maximum atomic E-state index is 13.2. The Bertz CT molecular complexity index is 1280. The monoisotopic (exact) mass is 1090 g/mol. The first-order valence-corrected chi connectivity index (χ1v) is 32.3. The SMILES string of the molecule is CCCCCCCCCCCCCCCCCCCCCCCCCCCCCCCCCCCCCCC(=O)NC(COC1OC(CO)C(OC2OC(CO)C(O)C(O)C2O)C(O)C1O)C(O)CCCCCCCC. The molecule has 452 valence electrons. The quantitative estimate of drug-likeness (QED) is 0.0259. The number of ether oxygens (including phenoxy) is 4. The second kappa shape index (κ2) is 48.7. The summed E-state index contributed by atoms with van der Waals surface area (Å²) in [5.41, 5.74) is 0. The average Bonchev–Trinajstić information content (AvgIpc) is 3.42. The van der Waals surface area contributed by atoms with E-state index in [4.69, 9.17) is 18.9 Å². The Morgan fingerprint density at radius 1 is 0.421 bits per heavy atom. The summed E-state index contributed by atoms with van der Waals surface area (Å²) < 4.78 is 22.7. The summed E-state index contributed by atoms with van der Waals surface area (Å²) in [6, 6.07) is -0.820. The lowest BCUT2D eigenvalue weighted by Gasteiger charge is -2.46. The highest BCUT2D eigenvalue weighted by molar-refractivity contribution is 5.76. The summed E-state index contributed by atoms with van der Waals surface area (Å²) in [5, 5.41) is 86.7. The topological polar surface area (TPSA) is 228 Å². The predicted molar refractivity (Wildman–Crippen MR) is 305 cm³/mol. The Labute approximate surface area is 464 Å². The van der Waals surface area contributed by atoms with Crippen LogP contribution in [0.2, 0.25) is 0 Å². The van der Waals surface area contributed by atoms with Crippen molar-refractivity contribution in [2.75, 3.05) is 19.8 Å². The van der Waals surface area contributed by atoms with E-state index in [0.29, 0.717) is 12.8 Å². The fraction of sp³-hybridized carbons (Fsp3) is 0.984. The number of hydrogen-bond acceptors (Lipinski definition) is 13. The predicted octanol–water partition coefficient (Wildman–Crippen LogP) is 11.7. The molecule has 76 heavy (non-hydrogen) atoms. The van der Waals surface area contributed by atoms with Crippen molar-refractivity contribution in [2.24, 2.45) is 0 Å². The third-order valence-electron chi connectivity index (χ3n) is 16.3. The molecule has 9 N–H and O–H groups in total. The summed E-state index contributed by atoms with van der Waals surface area (Å²) >= 11 is 0. The molecule has 0 bridgehead atoms. The van der Waals surface area contributed by atoms with Crippen LogP contribution < -0.4 is 5.32 Å². The first-order chi connectivity index (χ1) is 37.1.